The summed E-state index contributed by atoms with van der Waals surface area (Å²) in [6.07, 6.45) is 3.52. The number of nitrogen functional groups attached to an aromatic ring is 1. The van der Waals surface area contributed by atoms with Crippen LogP contribution in [0.4, 0.5) is 11.8 Å². The molecule has 0 fully saturated rings. The molecule has 1 rings (SSSR count). The molecule has 0 saturated heterocycles. The summed E-state index contributed by atoms with van der Waals surface area (Å²) in [6.45, 7) is 10.3. The van der Waals surface area contributed by atoms with Crippen LogP contribution >= 0.6 is 0 Å². The normalized spacial score (nSPS) is 9.81. The SMILES string of the molecule is C=CCN(CC=C)c1cc(C)[n+]([O-])c(N)n1. The highest BCUT2D eigenvalue weighted by molar-refractivity contribution is 5.42. The maximum absolute atomic E-state index is 11.3. The van der Waals surface area contributed by atoms with E-state index in [0.29, 0.717) is 29.3 Å². The van der Waals surface area contributed by atoms with Gasteiger partial charge in [0.25, 0.3) is 0 Å². The Labute approximate surface area is 95.1 Å². The Morgan fingerprint density at radius 3 is 2.50 bits per heavy atom. The minimum absolute atomic E-state index is 0.0480. The Hall–Kier alpha value is -2.04. The van der Waals surface area contributed by atoms with Crippen molar-refractivity contribution in [1.82, 2.24) is 4.98 Å². The van der Waals surface area contributed by atoms with Crippen molar-refractivity contribution < 1.29 is 4.73 Å². The minimum atomic E-state index is -0.0480. The Bertz CT molecular complexity index is 370. The van der Waals surface area contributed by atoms with Gasteiger partial charge in [-0.25, -0.2) is 4.73 Å². The summed E-state index contributed by atoms with van der Waals surface area (Å²) in [6, 6.07) is 1.69. The van der Waals surface area contributed by atoms with Crippen LogP contribution in [0.1, 0.15) is 5.69 Å². The zero-order valence-electron chi connectivity index (χ0n) is 9.39. The van der Waals surface area contributed by atoms with E-state index in [0.717, 1.165) is 0 Å². The molecule has 0 spiro atoms. The maximum atomic E-state index is 11.3. The van der Waals surface area contributed by atoms with Crippen molar-refractivity contribution in [3.05, 3.63) is 42.3 Å². The van der Waals surface area contributed by atoms with Crippen LogP contribution in [-0.4, -0.2) is 18.1 Å². The molecule has 5 nitrogen and oxygen atoms in total. The molecule has 1 aromatic rings. The summed E-state index contributed by atoms with van der Waals surface area (Å²) in [5.41, 5.74) is 6.03. The van der Waals surface area contributed by atoms with E-state index in [4.69, 9.17) is 5.73 Å². The topological polar surface area (TPSA) is 69.1 Å². The lowest BCUT2D eigenvalue weighted by Gasteiger charge is -2.19. The van der Waals surface area contributed by atoms with Crippen molar-refractivity contribution in [2.75, 3.05) is 23.7 Å². The van der Waals surface area contributed by atoms with E-state index >= 15 is 0 Å². The molecule has 0 atom stereocenters. The van der Waals surface area contributed by atoms with E-state index < -0.39 is 0 Å². The second kappa shape index (κ2) is 5.16. The predicted octanol–water partition coefficient (Wildman–Crippen LogP) is 0.784. The van der Waals surface area contributed by atoms with Gasteiger partial charge in [-0.05, 0) is 6.92 Å². The molecule has 0 bridgehead atoms. The molecular weight excluding hydrogens is 204 g/mol. The molecule has 0 saturated carbocycles. The van der Waals surface area contributed by atoms with Crippen LogP contribution in [0, 0.1) is 12.1 Å². The zero-order valence-corrected chi connectivity index (χ0v) is 9.39. The summed E-state index contributed by atoms with van der Waals surface area (Å²) in [7, 11) is 0. The van der Waals surface area contributed by atoms with Gasteiger partial charge in [0.05, 0.1) is 5.69 Å². The van der Waals surface area contributed by atoms with Crippen molar-refractivity contribution >= 4 is 11.8 Å². The predicted molar refractivity (Wildman–Crippen MR) is 65.0 cm³/mol. The van der Waals surface area contributed by atoms with E-state index in [9.17, 15) is 5.21 Å². The summed E-state index contributed by atoms with van der Waals surface area (Å²) in [4.78, 5) is 5.95. The molecule has 0 aliphatic heterocycles. The van der Waals surface area contributed by atoms with Gasteiger partial charge in [0.15, 0.2) is 0 Å². The number of hydrogen-bond donors (Lipinski definition) is 1. The molecule has 5 heteroatoms. The molecule has 86 valence electrons. The van der Waals surface area contributed by atoms with Crippen LogP contribution in [0.2, 0.25) is 0 Å². The molecule has 0 amide bonds. The van der Waals surface area contributed by atoms with Crippen molar-refractivity contribution in [2.45, 2.75) is 6.92 Å². The van der Waals surface area contributed by atoms with Crippen LogP contribution in [0.25, 0.3) is 0 Å². The Morgan fingerprint density at radius 1 is 1.50 bits per heavy atom. The Kier molecular flexibility index (Phi) is 3.88. The quantitative estimate of drug-likeness (QED) is 0.452. The molecule has 1 aromatic heterocycles. The number of aryl methyl sites for hydroxylation is 1. The summed E-state index contributed by atoms with van der Waals surface area (Å²) in [5.74, 6) is 0.607. The first-order chi connectivity index (χ1) is 7.60. The third-order valence-corrected chi connectivity index (χ3v) is 2.12. The number of rotatable bonds is 5. The number of aromatic nitrogens is 2. The number of anilines is 2. The monoisotopic (exact) mass is 220 g/mol. The van der Waals surface area contributed by atoms with Crippen LogP contribution in [0.5, 0.6) is 0 Å². The first kappa shape index (κ1) is 12.0. The third-order valence-electron chi connectivity index (χ3n) is 2.12. The van der Waals surface area contributed by atoms with Gasteiger partial charge in [0.2, 0.25) is 5.82 Å². The van der Waals surface area contributed by atoms with Gasteiger partial charge in [0.1, 0.15) is 0 Å². The fraction of sp³-hybridized carbons (Fsp3) is 0.273. The smallest absolute Gasteiger partial charge is 0.392 e. The van der Waals surface area contributed by atoms with Gasteiger partial charge in [-0.3, -0.25) is 5.73 Å². The van der Waals surface area contributed by atoms with Crippen molar-refractivity contribution in [3.63, 3.8) is 0 Å². The van der Waals surface area contributed by atoms with Crippen LogP contribution < -0.4 is 15.4 Å². The second-order valence-corrected chi connectivity index (χ2v) is 3.39. The lowest BCUT2D eigenvalue weighted by atomic mass is 10.3. The number of nitrogens with two attached hydrogens (primary N) is 1. The van der Waals surface area contributed by atoms with Crippen molar-refractivity contribution in [1.29, 1.82) is 0 Å². The van der Waals surface area contributed by atoms with Gasteiger partial charge in [-0.2, -0.15) is 0 Å². The van der Waals surface area contributed by atoms with Crippen LogP contribution in [0.15, 0.2) is 31.4 Å². The molecular formula is C11H16N4O. The lowest BCUT2D eigenvalue weighted by molar-refractivity contribution is -0.599. The van der Waals surface area contributed by atoms with Gasteiger partial charge in [-0.15, -0.1) is 13.2 Å². The van der Waals surface area contributed by atoms with Gasteiger partial charge >= 0.3 is 5.95 Å². The summed E-state index contributed by atoms with van der Waals surface area (Å²) >= 11 is 0. The third kappa shape index (κ3) is 2.50. The van der Waals surface area contributed by atoms with Gasteiger partial charge < -0.3 is 10.1 Å². The summed E-state index contributed by atoms with van der Waals surface area (Å²) < 4.78 is 0.601. The Balaban J connectivity index is 3.08. The largest absolute Gasteiger partial charge is 0.740 e. The molecule has 0 radical (unpaired) electrons. The lowest BCUT2D eigenvalue weighted by Crippen LogP contribution is -2.37. The highest BCUT2D eigenvalue weighted by Crippen LogP contribution is 2.12. The number of hydrogen-bond acceptors (Lipinski definition) is 4. The summed E-state index contributed by atoms with van der Waals surface area (Å²) in [5, 5.41) is 11.3. The van der Waals surface area contributed by atoms with Gasteiger partial charge in [-0.1, -0.05) is 17.1 Å². The first-order valence-corrected chi connectivity index (χ1v) is 4.93. The van der Waals surface area contributed by atoms with Crippen molar-refractivity contribution in [3.8, 4) is 0 Å². The minimum Gasteiger partial charge on any atom is -0.740 e. The van der Waals surface area contributed by atoms with Crippen LogP contribution in [-0.2, 0) is 0 Å². The second-order valence-electron chi connectivity index (χ2n) is 3.39. The van der Waals surface area contributed by atoms with Crippen molar-refractivity contribution in [2.24, 2.45) is 0 Å². The highest BCUT2D eigenvalue weighted by atomic mass is 16.5. The molecule has 0 aliphatic carbocycles. The van der Waals surface area contributed by atoms with E-state index in [1.165, 1.54) is 0 Å². The van der Waals surface area contributed by atoms with Crippen LogP contribution in [0.3, 0.4) is 0 Å². The number of nitrogens with zero attached hydrogens (tertiary/aromatic N) is 3. The highest BCUT2D eigenvalue weighted by Gasteiger charge is 2.13. The molecule has 1 heterocycles. The zero-order chi connectivity index (χ0) is 12.1. The van der Waals surface area contributed by atoms with E-state index in [1.807, 2.05) is 4.90 Å². The molecule has 0 unspecified atom stereocenters. The molecule has 16 heavy (non-hydrogen) atoms. The fourth-order valence-electron chi connectivity index (χ4n) is 1.36. The molecule has 2 N–H and O–H groups in total. The molecule has 0 aliphatic rings. The van der Waals surface area contributed by atoms with E-state index in [2.05, 4.69) is 18.1 Å². The van der Waals surface area contributed by atoms with E-state index in [1.54, 1.807) is 25.1 Å². The van der Waals surface area contributed by atoms with E-state index in [-0.39, 0.29) is 5.95 Å². The maximum Gasteiger partial charge on any atom is 0.392 e. The average molecular weight is 220 g/mol. The standard InChI is InChI=1S/C11H16N4O/c1-4-6-14(7-5-2)10-8-9(3)15(16)11(12)13-10/h4-5,8H,1-2,6-7H2,3H3,(H2,12,13). The molecule has 0 aromatic carbocycles. The van der Waals surface area contributed by atoms with Gasteiger partial charge in [0, 0.05) is 19.2 Å². The average Bonchev–Trinajstić information content (AvgIpc) is 2.25. The Morgan fingerprint density at radius 2 is 2.06 bits per heavy atom. The fourth-order valence-corrected chi connectivity index (χ4v) is 1.36. The first-order valence-electron chi connectivity index (χ1n) is 4.93.